The van der Waals surface area contributed by atoms with Gasteiger partial charge in [0.2, 0.25) is 0 Å². The topological polar surface area (TPSA) is 100 Å². The van der Waals surface area contributed by atoms with Crippen molar-refractivity contribution in [1.29, 1.82) is 0 Å². The second kappa shape index (κ2) is 9.56. The predicted molar refractivity (Wildman–Crippen MR) is 102 cm³/mol. The van der Waals surface area contributed by atoms with Crippen molar-refractivity contribution in [3.05, 3.63) is 34.5 Å². The van der Waals surface area contributed by atoms with Crippen LogP contribution in [0.4, 0.5) is 13.2 Å². The molecule has 3 heterocycles. The number of hydrogen-bond acceptors (Lipinski definition) is 6. The van der Waals surface area contributed by atoms with Gasteiger partial charge in [-0.15, -0.1) is 11.3 Å². The smallest absolute Gasteiger partial charge is 0.475 e. The molecule has 164 valence electrons. The second-order valence-corrected chi connectivity index (χ2v) is 7.87. The highest BCUT2D eigenvalue weighted by atomic mass is 32.1. The zero-order valence-corrected chi connectivity index (χ0v) is 16.8. The summed E-state index contributed by atoms with van der Waals surface area (Å²) in [7, 11) is 0. The van der Waals surface area contributed by atoms with E-state index in [0.717, 1.165) is 25.6 Å². The van der Waals surface area contributed by atoms with Gasteiger partial charge >= 0.3 is 12.1 Å². The third-order valence-corrected chi connectivity index (χ3v) is 5.76. The minimum atomic E-state index is -5.08. The molecule has 1 amide bonds. The fourth-order valence-electron chi connectivity index (χ4n) is 3.43. The molecule has 1 aliphatic heterocycles. The predicted octanol–water partition coefficient (Wildman–Crippen LogP) is 2.70. The summed E-state index contributed by atoms with van der Waals surface area (Å²) in [5.74, 6) is -2.84. The molecule has 0 spiro atoms. The third-order valence-electron chi connectivity index (χ3n) is 5.17. The number of amides is 1. The van der Waals surface area contributed by atoms with E-state index in [1.165, 1.54) is 36.3 Å². The average molecular weight is 445 g/mol. The van der Waals surface area contributed by atoms with E-state index in [1.54, 1.807) is 10.9 Å². The molecule has 2 aliphatic rings. The van der Waals surface area contributed by atoms with Crippen molar-refractivity contribution >= 4 is 23.2 Å². The van der Waals surface area contributed by atoms with E-state index in [4.69, 9.17) is 9.90 Å². The Kier molecular flexibility index (Phi) is 7.08. The van der Waals surface area contributed by atoms with E-state index >= 15 is 0 Å². The summed E-state index contributed by atoms with van der Waals surface area (Å²) >= 11 is 1.44. The molecule has 2 N–H and O–H groups in total. The second-order valence-electron chi connectivity index (χ2n) is 7.16. The van der Waals surface area contributed by atoms with Gasteiger partial charge in [0.15, 0.2) is 0 Å². The van der Waals surface area contributed by atoms with Gasteiger partial charge in [-0.05, 0) is 25.3 Å². The minimum Gasteiger partial charge on any atom is -0.475 e. The number of aliphatic carboxylic acids is 1. The van der Waals surface area contributed by atoms with Crippen LogP contribution in [0.15, 0.2) is 23.2 Å². The largest absolute Gasteiger partial charge is 0.490 e. The van der Waals surface area contributed by atoms with Crippen molar-refractivity contribution in [1.82, 2.24) is 25.0 Å². The Bertz CT molecular complexity index is 852. The zero-order chi connectivity index (χ0) is 21.7. The van der Waals surface area contributed by atoms with Crippen LogP contribution in [-0.2, 0) is 11.3 Å². The molecule has 8 nitrogen and oxygen atoms in total. The maximum absolute atomic E-state index is 12.0. The van der Waals surface area contributed by atoms with E-state index in [9.17, 15) is 18.0 Å². The monoisotopic (exact) mass is 445 g/mol. The lowest BCUT2D eigenvalue weighted by Crippen LogP contribution is -2.47. The number of carbonyl (C=O) groups is 2. The van der Waals surface area contributed by atoms with Gasteiger partial charge in [0.05, 0.1) is 17.2 Å². The van der Waals surface area contributed by atoms with Crippen molar-refractivity contribution in [3.8, 4) is 0 Å². The van der Waals surface area contributed by atoms with Crippen molar-refractivity contribution < 1.29 is 27.9 Å². The van der Waals surface area contributed by atoms with E-state index in [-0.39, 0.29) is 5.91 Å². The van der Waals surface area contributed by atoms with E-state index in [1.807, 2.05) is 6.20 Å². The molecule has 0 radical (unpaired) electrons. The van der Waals surface area contributed by atoms with Crippen LogP contribution in [0.2, 0.25) is 0 Å². The molecule has 1 unspecified atom stereocenters. The lowest BCUT2D eigenvalue weighted by molar-refractivity contribution is -0.192. The van der Waals surface area contributed by atoms with E-state index in [2.05, 4.69) is 31.0 Å². The fourth-order valence-corrected chi connectivity index (χ4v) is 3.96. The number of alkyl halides is 3. The van der Waals surface area contributed by atoms with Gasteiger partial charge < -0.3 is 10.4 Å². The van der Waals surface area contributed by atoms with Crippen LogP contribution in [0, 0.1) is 0 Å². The quantitative estimate of drug-likeness (QED) is 0.734. The van der Waals surface area contributed by atoms with Gasteiger partial charge in [0.25, 0.3) is 5.91 Å². The molecular formula is C18H22F3N5O3S. The number of rotatable bonds is 5. The van der Waals surface area contributed by atoms with Gasteiger partial charge in [-0.25, -0.2) is 9.78 Å². The molecule has 2 aromatic rings. The maximum atomic E-state index is 12.0. The van der Waals surface area contributed by atoms with Gasteiger partial charge in [0.1, 0.15) is 5.69 Å². The summed E-state index contributed by atoms with van der Waals surface area (Å²) in [4.78, 5) is 27.5. The normalized spacial score (nSPS) is 19.2. The van der Waals surface area contributed by atoms with Crippen LogP contribution in [0.3, 0.4) is 0 Å². The Balaban J connectivity index is 0.000000318. The number of carboxylic acid groups (broad SMARTS) is 1. The SMILES string of the molecule is O=C(NCCC1CN(C2CCC2)Cc2ccnn21)c1cscn1.O=C(O)C(F)(F)F. The number of aromatic nitrogens is 3. The molecule has 1 fully saturated rings. The zero-order valence-electron chi connectivity index (χ0n) is 16.0. The third kappa shape index (κ3) is 5.57. The number of halogens is 3. The number of thiazole rings is 1. The average Bonchev–Trinajstić information content (AvgIpc) is 3.31. The summed E-state index contributed by atoms with van der Waals surface area (Å²) in [6.07, 6.45) is 1.70. The number of nitrogens with zero attached hydrogens (tertiary/aromatic N) is 4. The Hall–Kier alpha value is -2.47. The molecule has 0 bridgehead atoms. The highest BCUT2D eigenvalue weighted by Crippen LogP contribution is 2.31. The number of fused-ring (bicyclic) bond motifs is 1. The van der Waals surface area contributed by atoms with Crippen LogP contribution >= 0.6 is 11.3 Å². The first kappa shape index (κ1) is 22.2. The highest BCUT2D eigenvalue weighted by molar-refractivity contribution is 7.07. The Labute approximate surface area is 174 Å². The number of carbonyl (C=O) groups excluding carboxylic acids is 1. The lowest BCUT2D eigenvalue weighted by atomic mass is 9.90. The molecule has 1 atom stereocenters. The summed E-state index contributed by atoms with van der Waals surface area (Å²) < 4.78 is 33.9. The van der Waals surface area contributed by atoms with Gasteiger partial charge in [-0.3, -0.25) is 14.4 Å². The van der Waals surface area contributed by atoms with Crippen molar-refractivity contribution in [3.63, 3.8) is 0 Å². The first-order chi connectivity index (χ1) is 14.3. The van der Waals surface area contributed by atoms with Crippen molar-refractivity contribution in [2.75, 3.05) is 13.1 Å². The minimum absolute atomic E-state index is 0.0846. The highest BCUT2D eigenvalue weighted by Gasteiger charge is 2.38. The molecule has 2 aromatic heterocycles. The summed E-state index contributed by atoms with van der Waals surface area (Å²) in [6, 6.07) is 3.20. The van der Waals surface area contributed by atoms with Crippen LogP contribution in [0.5, 0.6) is 0 Å². The lowest BCUT2D eigenvalue weighted by Gasteiger charge is -2.42. The van der Waals surface area contributed by atoms with Crippen LogP contribution in [-0.4, -0.2) is 62.0 Å². The van der Waals surface area contributed by atoms with Crippen molar-refractivity contribution in [2.45, 2.75) is 50.5 Å². The number of carboxylic acids is 1. The van der Waals surface area contributed by atoms with Gasteiger partial charge in [-0.2, -0.15) is 18.3 Å². The van der Waals surface area contributed by atoms with Gasteiger partial charge in [0, 0.05) is 37.3 Å². The Morgan fingerprint density at radius 3 is 2.63 bits per heavy atom. The summed E-state index contributed by atoms with van der Waals surface area (Å²) in [6.45, 7) is 2.69. The number of nitrogens with one attached hydrogen (secondary N) is 1. The molecule has 1 aliphatic carbocycles. The molecule has 1 saturated carbocycles. The standard InChI is InChI=1S/C16H21N5OS.C2HF3O2/c22-16(15-10-23-11-18-15)17-6-4-13-8-20(12-2-1-3-12)9-14-5-7-19-21(13)14;3-2(4,5)1(6)7/h5,7,10-13H,1-4,6,8-9H2,(H,17,22);(H,6,7). The molecule has 4 rings (SSSR count). The Morgan fingerprint density at radius 1 is 1.33 bits per heavy atom. The molecule has 0 saturated heterocycles. The van der Waals surface area contributed by atoms with Crippen molar-refractivity contribution in [2.24, 2.45) is 0 Å². The Morgan fingerprint density at radius 2 is 2.07 bits per heavy atom. The molecular weight excluding hydrogens is 423 g/mol. The number of hydrogen-bond donors (Lipinski definition) is 2. The first-order valence-corrected chi connectivity index (χ1v) is 10.4. The maximum Gasteiger partial charge on any atom is 0.490 e. The van der Waals surface area contributed by atoms with Crippen LogP contribution in [0.1, 0.15) is 47.9 Å². The fraction of sp³-hybridized carbons (Fsp3) is 0.556. The van der Waals surface area contributed by atoms with E-state index in [0.29, 0.717) is 18.3 Å². The molecule has 12 heteroatoms. The van der Waals surface area contributed by atoms with Crippen LogP contribution in [0.25, 0.3) is 0 Å². The summed E-state index contributed by atoms with van der Waals surface area (Å²) in [5, 5.41) is 16.4. The van der Waals surface area contributed by atoms with Crippen LogP contribution < -0.4 is 5.32 Å². The van der Waals surface area contributed by atoms with Gasteiger partial charge in [-0.1, -0.05) is 6.42 Å². The molecule has 30 heavy (non-hydrogen) atoms. The van der Waals surface area contributed by atoms with E-state index < -0.39 is 12.1 Å². The molecule has 0 aromatic carbocycles. The first-order valence-electron chi connectivity index (χ1n) is 9.48. The summed E-state index contributed by atoms with van der Waals surface area (Å²) in [5.41, 5.74) is 3.48.